The maximum Gasteiger partial charge on any atom is 0.329 e. The number of para-hydroxylation sites is 1. The number of hydrogen-bond donors (Lipinski definition) is 3. The van der Waals surface area contributed by atoms with Crippen LogP contribution >= 0.6 is 0 Å². The second kappa shape index (κ2) is 9.72. The zero-order valence-electron chi connectivity index (χ0n) is 19.5. The molecule has 0 bridgehead atoms. The number of anilines is 1. The van der Waals surface area contributed by atoms with Gasteiger partial charge in [-0.15, -0.1) is 0 Å². The first-order valence-corrected chi connectivity index (χ1v) is 11.5. The summed E-state index contributed by atoms with van der Waals surface area (Å²) in [6, 6.07) is 10.7. The zero-order valence-corrected chi connectivity index (χ0v) is 19.5. The Bertz CT molecular complexity index is 1280. The van der Waals surface area contributed by atoms with Crippen LogP contribution in [0.3, 0.4) is 0 Å². The molecule has 9 nitrogen and oxygen atoms in total. The Balaban J connectivity index is 1.54. The largest absolute Gasteiger partial charge is 0.496 e. The lowest BCUT2D eigenvalue weighted by atomic mass is 9.85. The number of rotatable bonds is 7. The summed E-state index contributed by atoms with van der Waals surface area (Å²) in [5.41, 5.74) is 14.3. The lowest BCUT2D eigenvalue weighted by Crippen LogP contribution is -2.33. The van der Waals surface area contributed by atoms with Crippen LogP contribution in [-0.2, 0) is 11.3 Å². The van der Waals surface area contributed by atoms with Crippen molar-refractivity contribution in [2.45, 2.75) is 45.2 Å². The number of aromatic nitrogens is 2. The van der Waals surface area contributed by atoms with Gasteiger partial charge in [0.1, 0.15) is 5.75 Å². The van der Waals surface area contributed by atoms with Crippen LogP contribution in [0.2, 0.25) is 0 Å². The number of hydrogen-bond acceptors (Lipinski definition) is 5. The number of nitrogens with zero attached hydrogens (tertiary/aromatic N) is 2. The standard InChI is InChI=1S/C25H31N5O4/c1-15-6-9-17(14-21(15)34-2)28-24(32)16-7-10-18(11-8-16)30-20-5-3-4-19(23(27)31)22(20)29(13-12-26)25(30)33/h3-6,9,14,16,18H,7-8,10-13,26H2,1-2H3,(H2,27,31)(H,28,32). The van der Waals surface area contributed by atoms with Crippen molar-refractivity contribution in [2.24, 2.45) is 17.4 Å². The number of benzene rings is 2. The molecule has 0 atom stereocenters. The van der Waals surface area contributed by atoms with Gasteiger partial charge in [0.15, 0.2) is 0 Å². The molecule has 0 aliphatic heterocycles. The Morgan fingerprint density at radius 2 is 1.88 bits per heavy atom. The number of carbonyl (C=O) groups excluding carboxylic acids is 2. The number of fused-ring (bicyclic) bond motifs is 1. The van der Waals surface area contributed by atoms with Gasteiger partial charge in [-0.1, -0.05) is 12.1 Å². The summed E-state index contributed by atoms with van der Waals surface area (Å²) >= 11 is 0. The molecule has 1 aliphatic carbocycles. The van der Waals surface area contributed by atoms with E-state index in [0.29, 0.717) is 54.5 Å². The van der Waals surface area contributed by atoms with Crippen molar-refractivity contribution in [3.05, 3.63) is 58.0 Å². The number of imidazole rings is 1. The highest BCUT2D eigenvalue weighted by atomic mass is 16.5. The molecule has 4 rings (SSSR count). The van der Waals surface area contributed by atoms with E-state index in [0.717, 1.165) is 11.3 Å². The van der Waals surface area contributed by atoms with E-state index in [-0.39, 0.29) is 30.1 Å². The molecule has 0 unspecified atom stereocenters. The number of nitrogens with two attached hydrogens (primary N) is 2. The molecule has 1 fully saturated rings. The average molecular weight is 466 g/mol. The lowest BCUT2D eigenvalue weighted by Gasteiger charge is -2.28. The lowest BCUT2D eigenvalue weighted by molar-refractivity contribution is -0.121. The Kier molecular flexibility index (Phi) is 6.74. The molecular formula is C25H31N5O4. The van der Waals surface area contributed by atoms with Gasteiger partial charge in [0.25, 0.3) is 5.91 Å². The molecule has 1 aromatic heterocycles. The first-order valence-electron chi connectivity index (χ1n) is 11.5. The Morgan fingerprint density at radius 1 is 1.15 bits per heavy atom. The second-order valence-corrected chi connectivity index (χ2v) is 8.81. The van der Waals surface area contributed by atoms with Crippen molar-refractivity contribution in [2.75, 3.05) is 19.0 Å². The van der Waals surface area contributed by atoms with E-state index in [1.54, 1.807) is 28.4 Å². The van der Waals surface area contributed by atoms with Crippen LogP contribution in [-0.4, -0.2) is 34.6 Å². The van der Waals surface area contributed by atoms with Crippen molar-refractivity contribution in [1.82, 2.24) is 9.13 Å². The van der Waals surface area contributed by atoms with E-state index in [9.17, 15) is 14.4 Å². The van der Waals surface area contributed by atoms with Gasteiger partial charge in [-0.25, -0.2) is 4.79 Å². The van der Waals surface area contributed by atoms with E-state index >= 15 is 0 Å². The zero-order chi connectivity index (χ0) is 24.4. The summed E-state index contributed by atoms with van der Waals surface area (Å²) in [5.74, 6) is -0.0252. The van der Waals surface area contributed by atoms with Crippen molar-refractivity contribution in [3.63, 3.8) is 0 Å². The summed E-state index contributed by atoms with van der Waals surface area (Å²) in [5, 5.41) is 2.99. The van der Waals surface area contributed by atoms with Gasteiger partial charge in [-0.05, 0) is 56.4 Å². The van der Waals surface area contributed by atoms with Crippen molar-refractivity contribution < 1.29 is 14.3 Å². The highest BCUT2D eigenvalue weighted by Gasteiger charge is 2.30. The molecule has 34 heavy (non-hydrogen) atoms. The first kappa shape index (κ1) is 23.6. The Hall–Kier alpha value is -3.59. The van der Waals surface area contributed by atoms with E-state index in [2.05, 4.69) is 5.32 Å². The highest BCUT2D eigenvalue weighted by Crippen LogP contribution is 2.35. The van der Waals surface area contributed by atoms with E-state index < -0.39 is 5.91 Å². The predicted molar refractivity (Wildman–Crippen MR) is 131 cm³/mol. The predicted octanol–water partition coefficient (Wildman–Crippen LogP) is 2.55. The summed E-state index contributed by atoms with van der Waals surface area (Å²) in [4.78, 5) is 38.2. The molecule has 0 saturated heterocycles. The molecule has 1 aliphatic rings. The molecular weight excluding hydrogens is 434 g/mol. The third-order valence-electron chi connectivity index (χ3n) is 6.71. The highest BCUT2D eigenvalue weighted by molar-refractivity contribution is 6.04. The number of aryl methyl sites for hydroxylation is 1. The van der Waals surface area contributed by atoms with Crippen LogP contribution in [0.1, 0.15) is 47.6 Å². The van der Waals surface area contributed by atoms with Crippen molar-refractivity contribution >= 4 is 28.5 Å². The monoisotopic (exact) mass is 465 g/mol. The van der Waals surface area contributed by atoms with Crippen LogP contribution < -0.4 is 27.2 Å². The van der Waals surface area contributed by atoms with E-state index in [4.69, 9.17) is 16.2 Å². The Labute approximate surface area is 197 Å². The van der Waals surface area contributed by atoms with Crippen LogP contribution in [0.15, 0.2) is 41.2 Å². The fourth-order valence-electron chi connectivity index (χ4n) is 4.96. The number of amides is 2. The van der Waals surface area contributed by atoms with E-state index in [1.807, 2.05) is 31.2 Å². The smallest absolute Gasteiger partial charge is 0.329 e. The normalized spacial score (nSPS) is 18.1. The molecule has 9 heteroatoms. The molecule has 2 aromatic carbocycles. The SMILES string of the molecule is COc1cc(NC(=O)C2CCC(n3c(=O)n(CCN)c4c(C(N)=O)cccc43)CC2)ccc1C. The fourth-order valence-corrected chi connectivity index (χ4v) is 4.96. The number of nitrogens with one attached hydrogen (secondary N) is 1. The quantitative estimate of drug-likeness (QED) is 0.493. The topological polar surface area (TPSA) is 134 Å². The van der Waals surface area contributed by atoms with Gasteiger partial charge in [0.2, 0.25) is 5.91 Å². The summed E-state index contributed by atoms with van der Waals surface area (Å²) in [7, 11) is 1.61. The van der Waals surface area contributed by atoms with Gasteiger partial charge in [0.05, 0.1) is 23.7 Å². The van der Waals surface area contributed by atoms with E-state index in [1.165, 1.54) is 0 Å². The minimum atomic E-state index is -0.582. The molecule has 1 saturated carbocycles. The fraction of sp³-hybridized carbons (Fsp3) is 0.400. The van der Waals surface area contributed by atoms with Crippen LogP contribution in [0, 0.1) is 12.8 Å². The van der Waals surface area contributed by atoms with Gasteiger partial charge in [-0.2, -0.15) is 0 Å². The Morgan fingerprint density at radius 3 is 2.53 bits per heavy atom. The maximum absolute atomic E-state index is 13.3. The van der Waals surface area contributed by atoms with Crippen LogP contribution in [0.5, 0.6) is 5.75 Å². The van der Waals surface area contributed by atoms with Crippen LogP contribution in [0.25, 0.3) is 11.0 Å². The second-order valence-electron chi connectivity index (χ2n) is 8.81. The van der Waals surface area contributed by atoms with Crippen molar-refractivity contribution in [1.29, 1.82) is 0 Å². The van der Waals surface area contributed by atoms with Gasteiger partial charge in [-0.3, -0.25) is 18.7 Å². The minimum Gasteiger partial charge on any atom is -0.496 e. The van der Waals surface area contributed by atoms with Crippen LogP contribution in [0.4, 0.5) is 5.69 Å². The van der Waals surface area contributed by atoms with Crippen molar-refractivity contribution in [3.8, 4) is 5.75 Å². The minimum absolute atomic E-state index is 0.0294. The molecule has 0 spiro atoms. The molecule has 0 radical (unpaired) electrons. The third kappa shape index (κ3) is 4.31. The van der Waals surface area contributed by atoms with Gasteiger partial charge < -0.3 is 21.5 Å². The number of methoxy groups -OCH3 is 1. The molecule has 5 N–H and O–H groups in total. The third-order valence-corrected chi connectivity index (χ3v) is 6.71. The molecule has 3 aromatic rings. The summed E-state index contributed by atoms with van der Waals surface area (Å²) in [6.07, 6.45) is 2.67. The number of carbonyl (C=O) groups is 2. The molecule has 180 valence electrons. The first-order chi connectivity index (χ1) is 16.3. The maximum atomic E-state index is 13.3. The number of ether oxygens (including phenoxy) is 1. The van der Waals surface area contributed by atoms with Gasteiger partial charge >= 0.3 is 5.69 Å². The molecule has 1 heterocycles. The summed E-state index contributed by atoms with van der Waals surface area (Å²) < 4.78 is 8.63. The summed E-state index contributed by atoms with van der Waals surface area (Å²) in [6.45, 7) is 2.51. The molecule has 2 amide bonds. The van der Waals surface area contributed by atoms with Gasteiger partial charge in [0, 0.05) is 36.8 Å². The number of primary amides is 1. The average Bonchev–Trinajstić information content (AvgIpc) is 3.11.